The highest BCUT2D eigenvalue weighted by Crippen LogP contribution is 2.37. The molecule has 0 unspecified atom stereocenters. The summed E-state index contributed by atoms with van der Waals surface area (Å²) in [5.74, 6) is -0.667. The number of halogens is 2. The molecule has 3 heteroatoms. The molecule has 2 aromatic carbocycles. The first-order chi connectivity index (χ1) is 12.6. The zero-order valence-corrected chi connectivity index (χ0v) is 16.3. The van der Waals surface area contributed by atoms with Crippen molar-refractivity contribution in [1.82, 2.24) is 0 Å². The SMILES string of the molecule is CC[C@H]1CC[C@H](c2ccc(CCc3ccc(SC(F)F)cc3)cc2)CC1. The average molecular weight is 375 g/mol. The maximum atomic E-state index is 12.4. The molecule has 3 rings (SSSR count). The summed E-state index contributed by atoms with van der Waals surface area (Å²) < 4.78 is 24.7. The first-order valence-corrected chi connectivity index (χ1v) is 10.6. The molecule has 0 amide bonds. The zero-order valence-electron chi connectivity index (χ0n) is 15.5. The quantitative estimate of drug-likeness (QED) is 0.453. The van der Waals surface area contributed by atoms with Gasteiger partial charge in [0.1, 0.15) is 0 Å². The molecular formula is C23H28F2S. The van der Waals surface area contributed by atoms with Gasteiger partial charge in [-0.15, -0.1) is 0 Å². The molecule has 0 bridgehead atoms. The molecule has 0 heterocycles. The molecule has 0 radical (unpaired) electrons. The fourth-order valence-electron chi connectivity index (χ4n) is 3.99. The van der Waals surface area contributed by atoms with Crippen LogP contribution in [0.4, 0.5) is 8.78 Å². The van der Waals surface area contributed by atoms with E-state index in [9.17, 15) is 8.78 Å². The second-order valence-electron chi connectivity index (χ2n) is 7.39. The van der Waals surface area contributed by atoms with E-state index >= 15 is 0 Å². The lowest BCUT2D eigenvalue weighted by Gasteiger charge is -2.28. The summed E-state index contributed by atoms with van der Waals surface area (Å²) in [5.41, 5.74) is 4.05. The molecule has 1 aliphatic rings. The highest BCUT2D eigenvalue weighted by molar-refractivity contribution is 7.99. The van der Waals surface area contributed by atoms with Gasteiger partial charge in [0.25, 0.3) is 5.76 Å². The van der Waals surface area contributed by atoms with E-state index in [1.807, 2.05) is 12.1 Å². The fraction of sp³-hybridized carbons (Fsp3) is 0.478. The summed E-state index contributed by atoms with van der Waals surface area (Å²) in [6, 6.07) is 16.7. The standard InChI is InChI=1S/C23H28F2S/c1-2-17-5-11-20(12-6-17)21-13-7-18(8-14-21)3-4-19-9-15-22(16-10-19)26-23(24)25/h7-10,13-17,20,23H,2-6,11-12H2,1H3/t17-,20-. The molecule has 0 nitrogen and oxygen atoms in total. The van der Waals surface area contributed by atoms with Crippen LogP contribution in [-0.4, -0.2) is 5.76 Å². The van der Waals surface area contributed by atoms with Crippen molar-refractivity contribution >= 4 is 11.8 Å². The Balaban J connectivity index is 1.50. The molecule has 0 atom stereocenters. The molecule has 26 heavy (non-hydrogen) atoms. The lowest BCUT2D eigenvalue weighted by atomic mass is 9.78. The van der Waals surface area contributed by atoms with E-state index in [1.165, 1.54) is 48.8 Å². The molecular weight excluding hydrogens is 346 g/mol. The Morgan fingerprint density at radius 3 is 1.88 bits per heavy atom. The van der Waals surface area contributed by atoms with Gasteiger partial charge in [-0.25, -0.2) is 0 Å². The monoisotopic (exact) mass is 374 g/mol. The second kappa shape index (κ2) is 9.55. The van der Waals surface area contributed by atoms with Crippen molar-refractivity contribution < 1.29 is 8.78 Å². The van der Waals surface area contributed by atoms with Gasteiger partial charge in [0.05, 0.1) is 0 Å². The Labute approximate surface area is 160 Å². The van der Waals surface area contributed by atoms with Gasteiger partial charge in [0.15, 0.2) is 0 Å². The largest absolute Gasteiger partial charge is 0.288 e. The van der Waals surface area contributed by atoms with Crippen molar-refractivity contribution in [2.24, 2.45) is 5.92 Å². The Kier molecular flexibility index (Phi) is 7.13. The van der Waals surface area contributed by atoms with Crippen molar-refractivity contribution in [3.05, 3.63) is 65.2 Å². The smallest absolute Gasteiger partial charge is 0.198 e. The van der Waals surface area contributed by atoms with Crippen LogP contribution in [0.15, 0.2) is 53.4 Å². The van der Waals surface area contributed by atoms with Crippen LogP contribution in [0.25, 0.3) is 0 Å². The number of hydrogen-bond donors (Lipinski definition) is 0. The number of benzene rings is 2. The predicted octanol–water partition coefficient (Wildman–Crippen LogP) is 7.47. The van der Waals surface area contributed by atoms with Gasteiger partial charge >= 0.3 is 0 Å². The maximum Gasteiger partial charge on any atom is 0.288 e. The minimum atomic E-state index is -2.35. The van der Waals surface area contributed by atoms with Gasteiger partial charge in [-0.1, -0.05) is 61.5 Å². The Bertz CT molecular complexity index is 656. The molecule has 1 fully saturated rings. The van der Waals surface area contributed by atoms with Crippen LogP contribution < -0.4 is 0 Å². The number of hydrogen-bond acceptors (Lipinski definition) is 1. The van der Waals surface area contributed by atoms with Crippen molar-refractivity contribution in [2.45, 2.75) is 68.4 Å². The van der Waals surface area contributed by atoms with Gasteiger partial charge in [-0.05, 0) is 79.2 Å². The first-order valence-electron chi connectivity index (χ1n) is 9.76. The van der Waals surface area contributed by atoms with Crippen LogP contribution in [0.5, 0.6) is 0 Å². The van der Waals surface area contributed by atoms with Crippen LogP contribution in [0, 0.1) is 5.92 Å². The number of rotatable bonds is 7. The minimum Gasteiger partial charge on any atom is -0.198 e. The number of alkyl halides is 2. The summed E-state index contributed by atoms with van der Waals surface area (Å²) in [6.45, 7) is 2.31. The van der Waals surface area contributed by atoms with E-state index in [0.717, 1.165) is 24.7 Å². The third-order valence-electron chi connectivity index (χ3n) is 5.73. The lowest BCUT2D eigenvalue weighted by Crippen LogP contribution is -2.12. The van der Waals surface area contributed by atoms with Gasteiger partial charge < -0.3 is 0 Å². The van der Waals surface area contributed by atoms with Crippen molar-refractivity contribution in [3.63, 3.8) is 0 Å². The fourth-order valence-corrected chi connectivity index (χ4v) is 4.49. The van der Waals surface area contributed by atoms with Gasteiger partial charge in [0, 0.05) is 4.90 Å². The Morgan fingerprint density at radius 2 is 1.38 bits per heavy atom. The summed E-state index contributed by atoms with van der Waals surface area (Å²) in [6.07, 6.45) is 8.69. The predicted molar refractivity (Wildman–Crippen MR) is 107 cm³/mol. The molecule has 0 N–H and O–H groups in total. The Morgan fingerprint density at radius 1 is 0.846 bits per heavy atom. The van der Waals surface area contributed by atoms with E-state index in [2.05, 4.69) is 31.2 Å². The third kappa shape index (κ3) is 5.57. The van der Waals surface area contributed by atoms with Crippen LogP contribution in [-0.2, 0) is 12.8 Å². The van der Waals surface area contributed by atoms with Crippen molar-refractivity contribution in [1.29, 1.82) is 0 Å². The summed E-state index contributed by atoms with van der Waals surface area (Å²) in [7, 11) is 0. The molecule has 2 aromatic rings. The van der Waals surface area contributed by atoms with Gasteiger partial charge in [-0.3, -0.25) is 0 Å². The van der Waals surface area contributed by atoms with Crippen molar-refractivity contribution in [3.8, 4) is 0 Å². The van der Waals surface area contributed by atoms with Crippen LogP contribution in [0.1, 0.15) is 61.6 Å². The molecule has 140 valence electrons. The van der Waals surface area contributed by atoms with E-state index in [0.29, 0.717) is 16.7 Å². The topological polar surface area (TPSA) is 0 Å². The molecule has 1 saturated carbocycles. The molecule has 1 aliphatic carbocycles. The minimum absolute atomic E-state index is 0.605. The van der Waals surface area contributed by atoms with Crippen LogP contribution in [0.3, 0.4) is 0 Å². The second-order valence-corrected chi connectivity index (χ2v) is 8.45. The van der Waals surface area contributed by atoms with Crippen LogP contribution in [0.2, 0.25) is 0 Å². The summed E-state index contributed by atoms with van der Waals surface area (Å²) >= 11 is 0.605. The number of thioether (sulfide) groups is 1. The molecule has 0 aliphatic heterocycles. The van der Waals surface area contributed by atoms with Gasteiger partial charge in [0.2, 0.25) is 0 Å². The number of aryl methyl sites for hydroxylation is 2. The summed E-state index contributed by atoms with van der Waals surface area (Å²) in [5, 5.41) is 0. The van der Waals surface area contributed by atoms with Gasteiger partial charge in [-0.2, -0.15) is 8.78 Å². The average Bonchev–Trinajstić information content (AvgIpc) is 2.67. The van der Waals surface area contributed by atoms with E-state index < -0.39 is 5.76 Å². The van der Waals surface area contributed by atoms with E-state index in [1.54, 1.807) is 12.1 Å². The Hall–Kier alpha value is -1.35. The molecule has 0 saturated heterocycles. The zero-order chi connectivity index (χ0) is 18.4. The maximum absolute atomic E-state index is 12.4. The van der Waals surface area contributed by atoms with E-state index in [-0.39, 0.29) is 0 Å². The third-order valence-corrected chi connectivity index (χ3v) is 6.45. The molecule has 0 aromatic heterocycles. The van der Waals surface area contributed by atoms with E-state index in [4.69, 9.17) is 0 Å². The summed E-state index contributed by atoms with van der Waals surface area (Å²) in [4.78, 5) is 0.630. The first kappa shape index (κ1) is 19.4. The molecule has 0 spiro atoms. The lowest BCUT2D eigenvalue weighted by molar-refractivity contribution is 0.252. The normalized spacial score (nSPS) is 20.5. The highest BCUT2D eigenvalue weighted by atomic mass is 32.2. The highest BCUT2D eigenvalue weighted by Gasteiger charge is 2.21. The van der Waals surface area contributed by atoms with Crippen LogP contribution >= 0.6 is 11.8 Å². The van der Waals surface area contributed by atoms with Crippen molar-refractivity contribution in [2.75, 3.05) is 0 Å².